The van der Waals surface area contributed by atoms with E-state index in [4.69, 9.17) is 5.11 Å². The zero-order chi connectivity index (χ0) is 17.9. The zero-order valence-corrected chi connectivity index (χ0v) is 16.3. The Bertz CT molecular complexity index is 617. The monoisotopic (exact) mass is 374 g/mol. The molecule has 3 saturated heterocycles. The summed E-state index contributed by atoms with van der Waals surface area (Å²) in [5.41, 5.74) is 0.796. The highest BCUT2D eigenvalue weighted by Crippen LogP contribution is 2.33. The number of thioether (sulfide) groups is 1. The third-order valence-corrected chi connectivity index (χ3v) is 7.29. The van der Waals surface area contributed by atoms with Crippen LogP contribution in [0.3, 0.4) is 0 Å². The summed E-state index contributed by atoms with van der Waals surface area (Å²) >= 11 is 1.62. The molecule has 4 aliphatic rings. The van der Waals surface area contributed by atoms with Gasteiger partial charge >= 0.3 is 0 Å². The van der Waals surface area contributed by atoms with Crippen LogP contribution in [0.15, 0.2) is 29.2 Å². The van der Waals surface area contributed by atoms with E-state index >= 15 is 0 Å². The standard InChI is InChI=1S/C21H30N2O2S/c24-10-11-26-20-8-5-18(6-9-20)21(25)23-14-17-4-7-19(15-23)22(13-17)12-16-2-1-3-16/h5-6,8-9,16-17,19,24H,1-4,7,10-15H2/t17-,19-/m0/s1. The molecular formula is C21H30N2O2S. The minimum atomic E-state index is 0.180. The number of aliphatic hydroxyl groups excluding tert-OH is 1. The van der Waals surface area contributed by atoms with Crippen molar-refractivity contribution >= 4 is 17.7 Å². The van der Waals surface area contributed by atoms with Gasteiger partial charge in [-0.2, -0.15) is 0 Å². The summed E-state index contributed by atoms with van der Waals surface area (Å²) in [5.74, 6) is 2.42. The van der Waals surface area contributed by atoms with Crippen LogP contribution >= 0.6 is 11.8 Å². The highest BCUT2D eigenvalue weighted by molar-refractivity contribution is 7.99. The van der Waals surface area contributed by atoms with Crippen LogP contribution in [0, 0.1) is 11.8 Å². The van der Waals surface area contributed by atoms with Crippen LogP contribution in [0.2, 0.25) is 0 Å². The fourth-order valence-corrected chi connectivity index (χ4v) is 5.27. The van der Waals surface area contributed by atoms with E-state index in [0.29, 0.717) is 17.7 Å². The average molecular weight is 375 g/mol. The number of hydrogen-bond donors (Lipinski definition) is 1. The number of hydrogen-bond acceptors (Lipinski definition) is 4. The zero-order valence-electron chi connectivity index (χ0n) is 15.5. The smallest absolute Gasteiger partial charge is 0.253 e. The van der Waals surface area contributed by atoms with Gasteiger partial charge in [-0.05, 0) is 61.8 Å². The van der Waals surface area contributed by atoms with E-state index in [-0.39, 0.29) is 12.5 Å². The third kappa shape index (κ3) is 4.10. The molecule has 0 radical (unpaired) electrons. The van der Waals surface area contributed by atoms with E-state index < -0.39 is 0 Å². The fourth-order valence-electron chi connectivity index (χ4n) is 4.62. The van der Waals surface area contributed by atoms with Gasteiger partial charge < -0.3 is 10.0 Å². The van der Waals surface area contributed by atoms with Gasteiger partial charge in [-0.25, -0.2) is 0 Å². The van der Waals surface area contributed by atoms with Crippen molar-refractivity contribution < 1.29 is 9.90 Å². The largest absolute Gasteiger partial charge is 0.396 e. The Labute approximate surface area is 160 Å². The van der Waals surface area contributed by atoms with Crippen molar-refractivity contribution in [3.8, 4) is 0 Å². The molecule has 5 rings (SSSR count). The normalized spacial score (nSPS) is 26.6. The first-order valence-electron chi connectivity index (χ1n) is 10.1. The van der Waals surface area contributed by atoms with Crippen LogP contribution in [0.5, 0.6) is 0 Å². The minimum absolute atomic E-state index is 0.180. The van der Waals surface area contributed by atoms with Crippen LogP contribution in [-0.2, 0) is 0 Å². The molecule has 4 nitrogen and oxygen atoms in total. The highest BCUT2D eigenvalue weighted by Gasteiger charge is 2.37. The van der Waals surface area contributed by atoms with Crippen molar-refractivity contribution in [3.05, 3.63) is 29.8 Å². The summed E-state index contributed by atoms with van der Waals surface area (Å²) in [6, 6.07) is 8.45. The van der Waals surface area contributed by atoms with E-state index in [1.165, 1.54) is 45.2 Å². The number of piperidine rings is 1. The summed E-state index contributed by atoms with van der Waals surface area (Å²) in [6.45, 7) is 4.42. The molecule has 1 N–H and O–H groups in total. The van der Waals surface area contributed by atoms with Crippen LogP contribution in [0.25, 0.3) is 0 Å². The first-order chi connectivity index (χ1) is 12.7. The van der Waals surface area contributed by atoms with Crippen molar-refractivity contribution in [1.82, 2.24) is 9.80 Å². The Morgan fingerprint density at radius 3 is 2.58 bits per heavy atom. The van der Waals surface area contributed by atoms with Crippen molar-refractivity contribution in [3.63, 3.8) is 0 Å². The van der Waals surface area contributed by atoms with Gasteiger partial charge in [0.05, 0.1) is 6.61 Å². The summed E-state index contributed by atoms with van der Waals surface area (Å²) in [6.07, 6.45) is 6.72. The average Bonchev–Trinajstić information content (AvgIpc) is 2.94. The summed E-state index contributed by atoms with van der Waals surface area (Å²) < 4.78 is 0. The predicted octanol–water partition coefficient (Wildman–Crippen LogP) is 3.11. The highest BCUT2D eigenvalue weighted by atomic mass is 32.2. The number of rotatable bonds is 6. The van der Waals surface area contributed by atoms with E-state index in [9.17, 15) is 4.79 Å². The summed E-state index contributed by atoms with van der Waals surface area (Å²) in [7, 11) is 0. The molecule has 3 aliphatic heterocycles. The fraction of sp³-hybridized carbons (Fsp3) is 0.667. The number of aliphatic hydroxyl groups is 1. The molecule has 3 heterocycles. The molecule has 5 heteroatoms. The molecule has 2 bridgehead atoms. The van der Waals surface area contributed by atoms with Crippen molar-refractivity contribution in [1.29, 1.82) is 0 Å². The molecule has 1 saturated carbocycles. The second-order valence-corrected chi connectivity index (χ2v) is 9.32. The first kappa shape index (κ1) is 18.3. The molecule has 2 atom stereocenters. The van der Waals surface area contributed by atoms with Gasteiger partial charge in [0.25, 0.3) is 5.91 Å². The number of benzene rings is 1. The van der Waals surface area contributed by atoms with E-state index in [2.05, 4.69) is 9.80 Å². The molecule has 1 aromatic carbocycles. The van der Waals surface area contributed by atoms with Gasteiger partial charge in [0, 0.05) is 48.4 Å². The molecule has 0 spiro atoms. The first-order valence-corrected chi connectivity index (χ1v) is 11.1. The second-order valence-electron chi connectivity index (χ2n) is 8.15. The number of nitrogens with zero attached hydrogens (tertiary/aromatic N) is 2. The molecule has 1 aliphatic carbocycles. The third-order valence-electron chi connectivity index (χ3n) is 6.29. The van der Waals surface area contributed by atoms with E-state index in [0.717, 1.165) is 29.5 Å². The lowest BCUT2D eigenvalue weighted by atomic mass is 9.83. The Morgan fingerprint density at radius 2 is 1.88 bits per heavy atom. The molecule has 0 aromatic heterocycles. The van der Waals surface area contributed by atoms with Gasteiger partial charge in [-0.1, -0.05) is 6.42 Å². The Kier molecular flexibility index (Phi) is 5.87. The van der Waals surface area contributed by atoms with Crippen LogP contribution in [-0.4, -0.2) is 65.4 Å². The quantitative estimate of drug-likeness (QED) is 0.777. The van der Waals surface area contributed by atoms with E-state index in [1.807, 2.05) is 24.3 Å². The molecule has 1 aromatic rings. The van der Waals surface area contributed by atoms with Crippen molar-refractivity contribution in [2.75, 3.05) is 38.5 Å². The van der Waals surface area contributed by atoms with Crippen LogP contribution < -0.4 is 0 Å². The number of carbonyl (C=O) groups is 1. The van der Waals surface area contributed by atoms with E-state index in [1.54, 1.807) is 11.8 Å². The minimum Gasteiger partial charge on any atom is -0.396 e. The maximum absolute atomic E-state index is 13.1. The Balaban J connectivity index is 1.40. The lowest BCUT2D eigenvalue weighted by molar-refractivity contribution is 0.0717. The van der Waals surface area contributed by atoms with Crippen LogP contribution in [0.1, 0.15) is 42.5 Å². The lowest BCUT2D eigenvalue weighted by Crippen LogP contribution is -2.47. The molecule has 1 amide bonds. The maximum Gasteiger partial charge on any atom is 0.253 e. The van der Waals surface area contributed by atoms with Gasteiger partial charge in [0.1, 0.15) is 0 Å². The van der Waals surface area contributed by atoms with Gasteiger partial charge in [-0.3, -0.25) is 9.69 Å². The van der Waals surface area contributed by atoms with Gasteiger partial charge in [0.2, 0.25) is 0 Å². The summed E-state index contributed by atoms with van der Waals surface area (Å²) in [4.78, 5) is 19.0. The Hall–Kier alpha value is -1.04. The van der Waals surface area contributed by atoms with Crippen LogP contribution in [0.4, 0.5) is 0 Å². The van der Waals surface area contributed by atoms with Gasteiger partial charge in [0.15, 0.2) is 0 Å². The number of carbonyl (C=O) groups excluding carboxylic acids is 1. The molecular weight excluding hydrogens is 344 g/mol. The van der Waals surface area contributed by atoms with Gasteiger partial charge in [-0.15, -0.1) is 11.8 Å². The summed E-state index contributed by atoms with van der Waals surface area (Å²) in [5, 5.41) is 8.93. The lowest BCUT2D eigenvalue weighted by Gasteiger charge is -2.40. The van der Waals surface area contributed by atoms with Crippen molar-refractivity contribution in [2.24, 2.45) is 11.8 Å². The molecule has 4 fully saturated rings. The molecule has 26 heavy (non-hydrogen) atoms. The number of amides is 1. The number of fused-ring (bicyclic) bond motifs is 4. The predicted molar refractivity (Wildman–Crippen MR) is 106 cm³/mol. The molecule has 0 unspecified atom stereocenters. The van der Waals surface area contributed by atoms with Crippen molar-refractivity contribution in [2.45, 2.75) is 43.0 Å². The maximum atomic E-state index is 13.1. The Morgan fingerprint density at radius 1 is 1.08 bits per heavy atom. The SMILES string of the molecule is O=C(c1ccc(SCCO)cc1)N1C[C@H]2CC[C@@H](C1)N(CC1CCC1)C2. The second kappa shape index (κ2) is 8.32. The topological polar surface area (TPSA) is 43.8 Å². The molecule has 142 valence electrons.